The lowest BCUT2D eigenvalue weighted by Crippen LogP contribution is -2.24. The van der Waals surface area contributed by atoms with Gasteiger partial charge in [-0.3, -0.25) is 0 Å². The molecule has 104 valence electrons. The van der Waals surface area contributed by atoms with Crippen LogP contribution in [-0.2, 0) is 6.42 Å². The minimum absolute atomic E-state index is 1.16. The molecule has 1 nitrogen and oxygen atoms in total. The van der Waals surface area contributed by atoms with Crippen molar-refractivity contribution in [1.82, 2.24) is 0 Å². The maximum absolute atomic E-state index is 3.75. The van der Waals surface area contributed by atoms with Gasteiger partial charge in [0.1, 0.15) is 0 Å². The van der Waals surface area contributed by atoms with E-state index >= 15 is 0 Å². The average molecular weight is 265 g/mol. The monoisotopic (exact) mass is 265 g/mol. The van der Waals surface area contributed by atoms with Crippen molar-refractivity contribution in [3.05, 3.63) is 71.9 Å². The highest BCUT2D eigenvalue weighted by Gasteiger charge is 2.12. The molecular formula is C19H23N. The van der Waals surface area contributed by atoms with E-state index in [1.54, 1.807) is 0 Å². The molecule has 1 aliphatic rings. The van der Waals surface area contributed by atoms with Crippen LogP contribution in [0.5, 0.6) is 0 Å². The molecule has 0 fully saturated rings. The number of nitrogens with zero attached hydrogens (tertiary/aromatic N) is 1. The van der Waals surface area contributed by atoms with Gasteiger partial charge in [-0.05, 0) is 48.6 Å². The summed E-state index contributed by atoms with van der Waals surface area (Å²) >= 11 is 0. The second kappa shape index (κ2) is 6.95. The van der Waals surface area contributed by atoms with Gasteiger partial charge in [-0.2, -0.15) is 0 Å². The fraction of sp³-hybridized carbons (Fsp3) is 0.263. The van der Waals surface area contributed by atoms with Gasteiger partial charge in [0.25, 0.3) is 0 Å². The Morgan fingerprint density at radius 1 is 1.30 bits per heavy atom. The lowest BCUT2D eigenvalue weighted by Gasteiger charge is -2.27. The minimum atomic E-state index is 1.16. The largest absolute Gasteiger partial charge is 0.374 e. The fourth-order valence-corrected chi connectivity index (χ4v) is 2.60. The van der Waals surface area contributed by atoms with Gasteiger partial charge in [-0.15, -0.1) is 0 Å². The van der Waals surface area contributed by atoms with Gasteiger partial charge in [0.15, 0.2) is 0 Å². The summed E-state index contributed by atoms with van der Waals surface area (Å²) in [6.07, 6.45) is 14.7. The predicted octanol–water partition coefficient (Wildman–Crippen LogP) is 4.77. The summed E-state index contributed by atoms with van der Waals surface area (Å²) in [5.41, 5.74) is 5.26. The molecule has 0 N–H and O–H groups in total. The summed E-state index contributed by atoms with van der Waals surface area (Å²) in [7, 11) is 2.17. The molecule has 0 aliphatic carbocycles. The summed E-state index contributed by atoms with van der Waals surface area (Å²) < 4.78 is 0. The highest BCUT2D eigenvalue weighted by atomic mass is 15.1. The second-order valence-electron chi connectivity index (χ2n) is 5.15. The maximum Gasteiger partial charge on any atom is 0.0396 e. The van der Waals surface area contributed by atoms with E-state index in [-0.39, 0.29) is 0 Å². The molecule has 0 radical (unpaired) electrons. The van der Waals surface area contributed by atoms with E-state index in [2.05, 4.69) is 55.0 Å². The smallest absolute Gasteiger partial charge is 0.0396 e. The number of aryl methyl sites for hydroxylation is 1. The number of rotatable bonds is 4. The number of anilines is 1. The van der Waals surface area contributed by atoms with Crippen LogP contribution in [0.15, 0.2) is 60.7 Å². The average Bonchev–Trinajstić information content (AvgIpc) is 2.45. The lowest BCUT2D eigenvalue weighted by molar-refractivity contribution is 0.744. The van der Waals surface area contributed by atoms with Crippen LogP contribution >= 0.6 is 0 Å². The molecule has 0 aromatic heterocycles. The zero-order valence-electron chi connectivity index (χ0n) is 12.5. The molecule has 1 heterocycles. The molecule has 1 heteroatoms. The normalized spacial score (nSPS) is 15.9. The molecule has 2 rings (SSSR count). The number of benzene rings is 1. The third kappa shape index (κ3) is 3.51. The molecule has 0 spiro atoms. The standard InChI is InChI=1S/C19H23N/c1-4-7-16(8-5-2)10-11-17-12-13-19-18(15-17)9-6-14-20(19)3/h4-5,7-8,10-13,15H,1,6,9,14H2,2-3H3/b8-5-,11-10+,16-7+. The van der Waals surface area contributed by atoms with Gasteiger partial charge >= 0.3 is 0 Å². The SMILES string of the molecule is C=C/C=C(\C=C/C)/C=C/c1ccc2c(c1)CCCN2C. The Hall–Kier alpha value is -2.02. The number of allylic oxidation sites excluding steroid dienone is 6. The lowest BCUT2D eigenvalue weighted by atomic mass is 9.99. The third-order valence-electron chi connectivity index (χ3n) is 3.59. The highest BCUT2D eigenvalue weighted by molar-refractivity contribution is 5.63. The van der Waals surface area contributed by atoms with Crippen LogP contribution in [0.3, 0.4) is 0 Å². The van der Waals surface area contributed by atoms with Gasteiger partial charge in [0.2, 0.25) is 0 Å². The maximum atomic E-state index is 3.75. The first-order chi connectivity index (χ1) is 9.74. The highest BCUT2D eigenvalue weighted by Crippen LogP contribution is 2.27. The molecule has 0 saturated heterocycles. The van der Waals surface area contributed by atoms with Crippen molar-refractivity contribution in [3.8, 4) is 0 Å². The van der Waals surface area contributed by atoms with E-state index in [4.69, 9.17) is 0 Å². The Bertz CT molecular complexity index is 561. The van der Waals surface area contributed by atoms with Crippen LogP contribution in [0, 0.1) is 0 Å². The van der Waals surface area contributed by atoms with E-state index < -0.39 is 0 Å². The summed E-state index contributed by atoms with van der Waals surface area (Å²) in [4.78, 5) is 2.34. The van der Waals surface area contributed by atoms with Crippen molar-refractivity contribution >= 4 is 11.8 Å². The molecule has 0 atom stereocenters. The molecule has 1 aromatic rings. The first-order valence-electron chi connectivity index (χ1n) is 7.22. The van der Waals surface area contributed by atoms with Gasteiger partial charge in [0, 0.05) is 19.3 Å². The van der Waals surface area contributed by atoms with Crippen molar-refractivity contribution < 1.29 is 0 Å². The van der Waals surface area contributed by atoms with Crippen LogP contribution in [0.2, 0.25) is 0 Å². The van der Waals surface area contributed by atoms with Crippen molar-refractivity contribution in [1.29, 1.82) is 0 Å². The first kappa shape index (κ1) is 14.4. The number of fused-ring (bicyclic) bond motifs is 1. The van der Waals surface area contributed by atoms with Gasteiger partial charge in [-0.1, -0.05) is 49.1 Å². The second-order valence-corrected chi connectivity index (χ2v) is 5.15. The van der Waals surface area contributed by atoms with E-state index in [0.717, 1.165) is 12.1 Å². The Morgan fingerprint density at radius 2 is 2.15 bits per heavy atom. The van der Waals surface area contributed by atoms with Crippen LogP contribution < -0.4 is 4.90 Å². The zero-order valence-corrected chi connectivity index (χ0v) is 12.5. The third-order valence-corrected chi connectivity index (χ3v) is 3.59. The molecule has 1 aliphatic heterocycles. The molecule has 0 unspecified atom stereocenters. The first-order valence-corrected chi connectivity index (χ1v) is 7.22. The quantitative estimate of drug-likeness (QED) is 0.709. The molecule has 1 aromatic carbocycles. The molecule has 0 bridgehead atoms. The van der Waals surface area contributed by atoms with Crippen molar-refractivity contribution in [2.45, 2.75) is 19.8 Å². The van der Waals surface area contributed by atoms with Crippen LogP contribution in [0.4, 0.5) is 5.69 Å². The van der Waals surface area contributed by atoms with Crippen LogP contribution in [0.1, 0.15) is 24.5 Å². The topological polar surface area (TPSA) is 3.24 Å². The van der Waals surface area contributed by atoms with E-state index in [1.165, 1.54) is 29.7 Å². The van der Waals surface area contributed by atoms with Gasteiger partial charge < -0.3 is 4.90 Å². The van der Waals surface area contributed by atoms with Gasteiger partial charge in [-0.25, -0.2) is 0 Å². The molecular weight excluding hydrogens is 242 g/mol. The summed E-state index contributed by atoms with van der Waals surface area (Å²) in [5, 5.41) is 0. The van der Waals surface area contributed by atoms with Crippen molar-refractivity contribution in [2.75, 3.05) is 18.5 Å². The summed E-state index contributed by atoms with van der Waals surface area (Å²) in [6.45, 7) is 6.94. The fourth-order valence-electron chi connectivity index (χ4n) is 2.60. The Morgan fingerprint density at radius 3 is 2.90 bits per heavy atom. The summed E-state index contributed by atoms with van der Waals surface area (Å²) in [6, 6.07) is 6.74. The van der Waals surface area contributed by atoms with E-state index in [9.17, 15) is 0 Å². The van der Waals surface area contributed by atoms with E-state index in [0.29, 0.717) is 0 Å². The molecule has 0 amide bonds. The van der Waals surface area contributed by atoms with Gasteiger partial charge in [0.05, 0.1) is 0 Å². The zero-order chi connectivity index (χ0) is 14.4. The minimum Gasteiger partial charge on any atom is -0.374 e. The Labute approximate surface area is 122 Å². The molecule has 0 saturated carbocycles. The summed E-state index contributed by atoms with van der Waals surface area (Å²) in [5.74, 6) is 0. The van der Waals surface area contributed by atoms with Crippen LogP contribution in [0.25, 0.3) is 6.08 Å². The molecule has 20 heavy (non-hydrogen) atoms. The predicted molar refractivity (Wildman–Crippen MR) is 90.2 cm³/mol. The number of hydrogen-bond donors (Lipinski definition) is 0. The number of hydrogen-bond acceptors (Lipinski definition) is 1. The van der Waals surface area contributed by atoms with Crippen molar-refractivity contribution in [3.63, 3.8) is 0 Å². The van der Waals surface area contributed by atoms with E-state index in [1.807, 2.05) is 25.2 Å². The van der Waals surface area contributed by atoms with Crippen LogP contribution in [-0.4, -0.2) is 13.6 Å². The Kier molecular flexibility index (Phi) is 5.00. The van der Waals surface area contributed by atoms with Crippen molar-refractivity contribution in [2.24, 2.45) is 0 Å². The Balaban J connectivity index is 2.22.